The molecule has 3 rings (SSSR count). The van der Waals surface area contributed by atoms with E-state index in [1.54, 1.807) is 29.2 Å². The highest BCUT2D eigenvalue weighted by Crippen LogP contribution is 2.22. The molecule has 1 heterocycles. The first kappa shape index (κ1) is 21.2. The summed E-state index contributed by atoms with van der Waals surface area (Å²) in [4.78, 5) is 14.6. The molecule has 0 atom stereocenters. The second-order valence-corrected chi connectivity index (χ2v) is 8.06. The second kappa shape index (κ2) is 9.80. The van der Waals surface area contributed by atoms with Gasteiger partial charge in [0.25, 0.3) is 0 Å². The summed E-state index contributed by atoms with van der Waals surface area (Å²) in [6.45, 7) is 4.29. The van der Waals surface area contributed by atoms with E-state index in [2.05, 4.69) is 10.2 Å². The molecule has 0 fully saturated rings. The Kier molecular flexibility index (Phi) is 7.17. The van der Waals surface area contributed by atoms with E-state index in [4.69, 9.17) is 16.3 Å². The van der Waals surface area contributed by atoms with Crippen molar-refractivity contribution in [3.63, 3.8) is 0 Å². The van der Waals surface area contributed by atoms with Crippen LogP contribution in [0.3, 0.4) is 0 Å². The molecule has 0 radical (unpaired) electrons. The fourth-order valence-corrected chi connectivity index (χ4v) is 3.70. The predicted octanol–water partition coefficient (Wildman–Crippen LogP) is 4.58. The molecule has 1 aromatic heterocycles. The van der Waals surface area contributed by atoms with Gasteiger partial charge in [-0.05, 0) is 50.2 Å². The van der Waals surface area contributed by atoms with E-state index in [9.17, 15) is 4.79 Å². The topological polar surface area (TPSA) is 60.3 Å². The van der Waals surface area contributed by atoms with Crippen molar-refractivity contribution in [3.8, 4) is 5.75 Å². The molecule has 0 saturated carbocycles. The lowest BCUT2D eigenvalue weighted by atomic mass is 10.2. The van der Waals surface area contributed by atoms with Crippen molar-refractivity contribution < 1.29 is 9.53 Å². The van der Waals surface area contributed by atoms with Crippen LogP contribution < -0.4 is 9.64 Å². The monoisotopic (exact) mass is 430 g/mol. The van der Waals surface area contributed by atoms with Gasteiger partial charge in [0.15, 0.2) is 11.0 Å². The summed E-state index contributed by atoms with van der Waals surface area (Å²) in [6, 6.07) is 16.9. The average molecular weight is 431 g/mol. The molecule has 2 aromatic carbocycles. The number of ether oxygens (including phenoxy) is 1. The van der Waals surface area contributed by atoms with E-state index < -0.39 is 0 Å². The molecule has 1 amide bonds. The minimum atomic E-state index is 0.0261. The van der Waals surface area contributed by atoms with Crippen molar-refractivity contribution in [2.45, 2.75) is 31.7 Å². The Morgan fingerprint density at radius 1 is 1.14 bits per heavy atom. The number of para-hydroxylation sites is 1. The van der Waals surface area contributed by atoms with Gasteiger partial charge in [0.05, 0.1) is 5.75 Å². The molecule has 0 spiro atoms. The molecule has 0 bridgehead atoms. The Hall–Kier alpha value is -2.51. The van der Waals surface area contributed by atoms with Crippen LogP contribution in [0.2, 0.25) is 5.02 Å². The molecular weight excluding hydrogens is 408 g/mol. The number of aromatic nitrogens is 3. The molecule has 0 unspecified atom stereocenters. The van der Waals surface area contributed by atoms with Crippen LogP contribution in [0.15, 0.2) is 59.8 Å². The van der Waals surface area contributed by atoms with Crippen molar-refractivity contribution in [2.75, 3.05) is 10.7 Å². The number of anilines is 1. The number of hydrogen-bond donors (Lipinski definition) is 0. The third-order valence-corrected chi connectivity index (χ3v) is 5.51. The van der Waals surface area contributed by atoms with Crippen molar-refractivity contribution in [1.82, 2.24) is 14.8 Å². The van der Waals surface area contributed by atoms with E-state index in [-0.39, 0.29) is 24.3 Å². The van der Waals surface area contributed by atoms with Gasteiger partial charge in [-0.25, -0.2) is 0 Å². The number of amides is 1. The smallest absolute Gasteiger partial charge is 0.237 e. The number of benzene rings is 2. The highest BCUT2D eigenvalue weighted by molar-refractivity contribution is 7.99. The Morgan fingerprint density at radius 2 is 1.83 bits per heavy atom. The van der Waals surface area contributed by atoms with Gasteiger partial charge in [-0.2, -0.15) is 0 Å². The zero-order chi connectivity index (χ0) is 20.8. The number of rotatable bonds is 8. The van der Waals surface area contributed by atoms with Gasteiger partial charge in [-0.15, -0.1) is 10.2 Å². The summed E-state index contributed by atoms with van der Waals surface area (Å²) in [5.41, 5.74) is 0.892. The maximum atomic E-state index is 12.8. The van der Waals surface area contributed by atoms with Crippen LogP contribution in [0.5, 0.6) is 5.75 Å². The van der Waals surface area contributed by atoms with Gasteiger partial charge < -0.3 is 14.2 Å². The maximum absolute atomic E-state index is 12.8. The average Bonchev–Trinajstić information content (AvgIpc) is 3.06. The number of thioether (sulfide) groups is 1. The van der Waals surface area contributed by atoms with Gasteiger partial charge in [-0.3, -0.25) is 4.79 Å². The zero-order valence-corrected chi connectivity index (χ0v) is 18.2. The van der Waals surface area contributed by atoms with Crippen LogP contribution in [0.1, 0.15) is 19.7 Å². The van der Waals surface area contributed by atoms with Gasteiger partial charge in [0.2, 0.25) is 5.91 Å². The highest BCUT2D eigenvalue weighted by Gasteiger charge is 2.20. The number of nitrogens with zero attached hydrogens (tertiary/aromatic N) is 4. The molecule has 29 heavy (non-hydrogen) atoms. The minimum absolute atomic E-state index is 0.0261. The number of halogens is 1. The van der Waals surface area contributed by atoms with E-state index >= 15 is 0 Å². The first-order valence-corrected chi connectivity index (χ1v) is 10.6. The number of hydrogen-bond acceptors (Lipinski definition) is 5. The number of carbonyl (C=O) groups excluding carboxylic acids is 1. The highest BCUT2D eigenvalue weighted by atomic mass is 35.5. The summed E-state index contributed by atoms with van der Waals surface area (Å²) < 4.78 is 7.57. The Balaban J connectivity index is 1.60. The Morgan fingerprint density at radius 3 is 2.48 bits per heavy atom. The number of carbonyl (C=O) groups is 1. The molecule has 0 aliphatic carbocycles. The predicted molar refractivity (Wildman–Crippen MR) is 117 cm³/mol. The molecule has 0 aliphatic rings. The molecule has 3 aromatic rings. The van der Waals surface area contributed by atoms with Crippen LogP contribution in [-0.2, 0) is 18.4 Å². The fraction of sp³-hybridized carbons (Fsp3) is 0.286. The SMILES string of the molecule is CC(C)N(C(=O)CSc1nnc(COc2ccc(Cl)cc2)n1C)c1ccccc1. The van der Waals surface area contributed by atoms with Gasteiger partial charge in [0.1, 0.15) is 12.4 Å². The first-order chi connectivity index (χ1) is 14.0. The van der Waals surface area contributed by atoms with Crippen LogP contribution >= 0.6 is 23.4 Å². The van der Waals surface area contributed by atoms with Gasteiger partial charge in [0, 0.05) is 23.8 Å². The summed E-state index contributed by atoms with van der Waals surface area (Å²) >= 11 is 7.25. The largest absolute Gasteiger partial charge is 0.486 e. The van der Waals surface area contributed by atoms with Crippen LogP contribution in [0.4, 0.5) is 5.69 Å². The third-order valence-electron chi connectivity index (χ3n) is 4.25. The zero-order valence-electron chi connectivity index (χ0n) is 16.6. The third kappa shape index (κ3) is 5.52. The quantitative estimate of drug-likeness (QED) is 0.489. The van der Waals surface area contributed by atoms with Crippen molar-refractivity contribution >= 4 is 35.0 Å². The van der Waals surface area contributed by atoms with E-state index in [1.165, 1.54) is 11.8 Å². The normalized spacial score (nSPS) is 10.9. The van der Waals surface area contributed by atoms with Gasteiger partial charge in [-0.1, -0.05) is 41.6 Å². The summed E-state index contributed by atoms with van der Waals surface area (Å²) in [6.07, 6.45) is 0. The first-order valence-electron chi connectivity index (χ1n) is 9.22. The van der Waals surface area contributed by atoms with Crippen LogP contribution in [0.25, 0.3) is 0 Å². The van der Waals surface area contributed by atoms with Crippen LogP contribution in [-0.4, -0.2) is 32.5 Å². The van der Waals surface area contributed by atoms with Crippen molar-refractivity contribution in [3.05, 3.63) is 65.4 Å². The van der Waals surface area contributed by atoms with Crippen molar-refractivity contribution in [1.29, 1.82) is 0 Å². The Labute approximate surface area is 179 Å². The lowest BCUT2D eigenvalue weighted by Gasteiger charge is -2.26. The summed E-state index contributed by atoms with van der Waals surface area (Å²) in [5, 5.41) is 9.70. The molecule has 8 heteroatoms. The lowest BCUT2D eigenvalue weighted by molar-refractivity contribution is -0.116. The Bertz CT molecular complexity index is 945. The maximum Gasteiger partial charge on any atom is 0.237 e. The van der Waals surface area contributed by atoms with Crippen LogP contribution in [0, 0.1) is 0 Å². The summed E-state index contributed by atoms with van der Waals surface area (Å²) in [5.74, 6) is 1.69. The minimum Gasteiger partial charge on any atom is -0.486 e. The molecule has 6 nitrogen and oxygen atoms in total. The summed E-state index contributed by atoms with van der Waals surface area (Å²) in [7, 11) is 1.87. The fourth-order valence-electron chi connectivity index (χ4n) is 2.79. The molecule has 0 N–H and O–H groups in total. The van der Waals surface area contributed by atoms with E-state index in [1.807, 2.05) is 55.8 Å². The second-order valence-electron chi connectivity index (χ2n) is 6.68. The van der Waals surface area contributed by atoms with E-state index in [0.717, 1.165) is 5.69 Å². The van der Waals surface area contributed by atoms with Crippen molar-refractivity contribution in [2.24, 2.45) is 7.05 Å². The molecular formula is C21H23ClN4O2S. The molecule has 0 saturated heterocycles. The molecule has 0 aliphatic heterocycles. The molecule has 152 valence electrons. The standard InChI is InChI=1S/C21H23ClN4O2S/c1-15(2)26(17-7-5-4-6-8-17)20(27)14-29-21-24-23-19(25(21)3)13-28-18-11-9-16(22)10-12-18/h4-12,15H,13-14H2,1-3H3. The van der Waals surface area contributed by atoms with Gasteiger partial charge >= 0.3 is 0 Å². The lowest BCUT2D eigenvalue weighted by Crippen LogP contribution is -2.38. The van der Waals surface area contributed by atoms with E-state index in [0.29, 0.717) is 21.8 Å².